The summed E-state index contributed by atoms with van der Waals surface area (Å²) in [5, 5.41) is 25.4. The highest BCUT2D eigenvalue weighted by Gasteiger charge is 2.15. The lowest BCUT2D eigenvalue weighted by molar-refractivity contribution is 0.0688. The quantitative estimate of drug-likeness (QED) is 0.464. The number of carboxylic acid groups (broad SMARTS) is 1. The molecule has 1 aromatic heterocycles. The Labute approximate surface area is 148 Å². The Morgan fingerprint density at radius 1 is 1.12 bits per heavy atom. The van der Waals surface area contributed by atoms with Gasteiger partial charge in [-0.25, -0.2) is 9.59 Å². The third kappa shape index (κ3) is 6.35. The monoisotopic (exact) mass is 360 g/mol. The van der Waals surface area contributed by atoms with Crippen molar-refractivity contribution < 1.29 is 15.0 Å². The SMILES string of the molecule is N#CCc1ccc(CCc2c(C(=O)O)[nH]c(=O)[nH]c2=O)cc1.NCCO. The molecule has 9 nitrogen and oxygen atoms in total. The summed E-state index contributed by atoms with van der Waals surface area (Å²) in [7, 11) is 0. The standard InChI is InChI=1S/C15H13N3O4.C2H7NO/c16-8-7-10-3-1-9(2-4-10)5-6-11-12(14(20)21)17-15(22)18-13(11)19;3-1-2-4/h1-4H,5-7H2,(H,20,21)(H2,17,18,19,22);4H,1-3H2. The van der Waals surface area contributed by atoms with Crippen molar-refractivity contribution >= 4 is 5.97 Å². The van der Waals surface area contributed by atoms with Crippen LogP contribution in [0.15, 0.2) is 33.9 Å². The van der Waals surface area contributed by atoms with Gasteiger partial charge in [-0.3, -0.25) is 9.78 Å². The Hall–Kier alpha value is -3.22. The van der Waals surface area contributed by atoms with Crippen molar-refractivity contribution in [3.63, 3.8) is 0 Å². The second-order valence-electron chi connectivity index (χ2n) is 5.23. The molecular formula is C17H20N4O5. The van der Waals surface area contributed by atoms with Crippen molar-refractivity contribution in [3.05, 3.63) is 67.5 Å². The molecule has 0 atom stereocenters. The molecule has 1 aromatic carbocycles. The summed E-state index contributed by atoms with van der Waals surface area (Å²) in [4.78, 5) is 38.2. The number of carbonyl (C=O) groups is 1. The number of nitrogens with one attached hydrogen (secondary N) is 2. The summed E-state index contributed by atoms with van der Waals surface area (Å²) in [5.74, 6) is -1.34. The van der Waals surface area contributed by atoms with E-state index < -0.39 is 17.2 Å². The number of aliphatic hydroxyl groups is 1. The van der Waals surface area contributed by atoms with Gasteiger partial charge < -0.3 is 20.9 Å². The van der Waals surface area contributed by atoms with E-state index in [2.05, 4.69) is 4.98 Å². The van der Waals surface area contributed by atoms with Gasteiger partial charge in [0.15, 0.2) is 0 Å². The molecule has 26 heavy (non-hydrogen) atoms. The first-order valence-electron chi connectivity index (χ1n) is 7.77. The van der Waals surface area contributed by atoms with Crippen LogP contribution in [0.3, 0.4) is 0 Å². The first-order chi connectivity index (χ1) is 12.4. The summed E-state index contributed by atoms with van der Waals surface area (Å²) in [6.07, 6.45) is 0.955. The number of hydrogen-bond donors (Lipinski definition) is 5. The van der Waals surface area contributed by atoms with Gasteiger partial charge in [-0.05, 0) is 24.0 Å². The summed E-state index contributed by atoms with van der Waals surface area (Å²) >= 11 is 0. The average molecular weight is 360 g/mol. The zero-order valence-electron chi connectivity index (χ0n) is 14.0. The van der Waals surface area contributed by atoms with Gasteiger partial charge in [0.1, 0.15) is 5.69 Å². The molecule has 0 saturated carbocycles. The number of rotatable bonds is 6. The fraction of sp³-hybridized carbons (Fsp3) is 0.294. The first kappa shape index (κ1) is 20.8. The molecule has 0 unspecified atom stereocenters. The van der Waals surface area contributed by atoms with Crippen LogP contribution in [0.25, 0.3) is 0 Å². The van der Waals surface area contributed by atoms with Crippen LogP contribution in [-0.2, 0) is 19.3 Å². The van der Waals surface area contributed by atoms with Crippen LogP contribution in [0.5, 0.6) is 0 Å². The van der Waals surface area contributed by atoms with Crippen LogP contribution in [0.1, 0.15) is 27.2 Å². The number of nitriles is 1. The van der Waals surface area contributed by atoms with Gasteiger partial charge in [-0.2, -0.15) is 5.26 Å². The number of nitrogens with two attached hydrogens (primary N) is 1. The van der Waals surface area contributed by atoms with Gasteiger partial charge in [-0.1, -0.05) is 24.3 Å². The van der Waals surface area contributed by atoms with E-state index in [1.807, 2.05) is 35.3 Å². The van der Waals surface area contributed by atoms with Gasteiger partial charge in [0.25, 0.3) is 5.56 Å². The number of aliphatic hydroxyl groups excluding tert-OH is 1. The molecule has 0 radical (unpaired) electrons. The lowest BCUT2D eigenvalue weighted by atomic mass is 10.0. The zero-order valence-corrected chi connectivity index (χ0v) is 14.0. The predicted octanol–water partition coefficient (Wildman–Crippen LogP) is -0.450. The number of aromatic amines is 2. The molecule has 1 heterocycles. The molecule has 0 amide bonds. The van der Waals surface area contributed by atoms with Crippen LogP contribution in [0.4, 0.5) is 0 Å². The molecule has 0 aliphatic rings. The maximum atomic E-state index is 11.8. The van der Waals surface area contributed by atoms with Crippen LogP contribution in [-0.4, -0.2) is 39.3 Å². The van der Waals surface area contributed by atoms with Crippen LogP contribution in [0.2, 0.25) is 0 Å². The Bertz CT molecular complexity index is 876. The van der Waals surface area contributed by atoms with Gasteiger partial charge >= 0.3 is 11.7 Å². The summed E-state index contributed by atoms with van der Waals surface area (Å²) in [6.45, 7) is 0.472. The number of aryl methyl sites for hydroxylation is 1. The average Bonchev–Trinajstić information content (AvgIpc) is 2.62. The Balaban J connectivity index is 0.000000765. The highest BCUT2D eigenvalue weighted by Crippen LogP contribution is 2.09. The molecule has 9 heteroatoms. The summed E-state index contributed by atoms with van der Waals surface area (Å²) in [5.41, 5.74) is 4.69. The molecule has 0 bridgehead atoms. The van der Waals surface area contributed by atoms with Crippen molar-refractivity contribution in [2.45, 2.75) is 19.3 Å². The van der Waals surface area contributed by atoms with E-state index in [-0.39, 0.29) is 24.3 Å². The largest absolute Gasteiger partial charge is 0.477 e. The van der Waals surface area contributed by atoms with Crippen molar-refractivity contribution in [3.8, 4) is 6.07 Å². The second kappa shape index (κ2) is 10.6. The van der Waals surface area contributed by atoms with Crippen molar-refractivity contribution in [2.24, 2.45) is 5.73 Å². The molecule has 138 valence electrons. The Morgan fingerprint density at radius 3 is 2.19 bits per heavy atom. The number of nitrogens with zero attached hydrogens (tertiary/aromatic N) is 1. The maximum absolute atomic E-state index is 11.8. The third-order valence-corrected chi connectivity index (χ3v) is 3.35. The highest BCUT2D eigenvalue weighted by atomic mass is 16.4. The molecular weight excluding hydrogens is 340 g/mol. The molecule has 0 aliphatic heterocycles. The van der Waals surface area contributed by atoms with E-state index >= 15 is 0 Å². The smallest absolute Gasteiger partial charge is 0.352 e. The minimum atomic E-state index is -1.34. The van der Waals surface area contributed by atoms with E-state index in [4.69, 9.17) is 21.2 Å². The van der Waals surface area contributed by atoms with Crippen molar-refractivity contribution in [2.75, 3.05) is 13.2 Å². The molecule has 0 saturated heterocycles. The Kier molecular flexibility index (Phi) is 8.49. The zero-order chi connectivity index (χ0) is 19.5. The van der Waals surface area contributed by atoms with E-state index in [0.717, 1.165) is 11.1 Å². The van der Waals surface area contributed by atoms with Gasteiger partial charge in [0, 0.05) is 12.1 Å². The Morgan fingerprint density at radius 2 is 1.69 bits per heavy atom. The van der Waals surface area contributed by atoms with E-state index in [9.17, 15) is 14.4 Å². The fourth-order valence-electron chi connectivity index (χ4n) is 2.12. The van der Waals surface area contributed by atoms with E-state index in [1.54, 1.807) is 0 Å². The highest BCUT2D eigenvalue weighted by molar-refractivity contribution is 5.86. The van der Waals surface area contributed by atoms with Crippen molar-refractivity contribution in [1.29, 1.82) is 5.26 Å². The lowest BCUT2D eigenvalue weighted by Gasteiger charge is -2.05. The number of hydrogen-bond acceptors (Lipinski definition) is 6. The predicted molar refractivity (Wildman–Crippen MR) is 93.9 cm³/mol. The maximum Gasteiger partial charge on any atom is 0.352 e. The first-order valence-corrected chi connectivity index (χ1v) is 7.77. The summed E-state index contributed by atoms with van der Waals surface area (Å²) in [6, 6.07) is 9.33. The van der Waals surface area contributed by atoms with E-state index in [0.29, 0.717) is 19.4 Å². The lowest BCUT2D eigenvalue weighted by Crippen LogP contribution is -2.30. The molecule has 2 rings (SSSR count). The molecule has 0 fully saturated rings. The number of H-pyrrole nitrogens is 2. The van der Waals surface area contributed by atoms with Crippen molar-refractivity contribution in [1.82, 2.24) is 9.97 Å². The van der Waals surface area contributed by atoms with Crippen LogP contribution < -0.4 is 17.0 Å². The number of aromatic nitrogens is 2. The molecule has 6 N–H and O–H groups in total. The topological polar surface area (TPSA) is 173 Å². The van der Waals surface area contributed by atoms with Gasteiger partial charge in [-0.15, -0.1) is 0 Å². The third-order valence-electron chi connectivity index (χ3n) is 3.35. The fourth-order valence-corrected chi connectivity index (χ4v) is 2.12. The number of benzene rings is 1. The summed E-state index contributed by atoms with van der Waals surface area (Å²) < 4.78 is 0. The number of aromatic carboxylic acids is 1. The van der Waals surface area contributed by atoms with Gasteiger partial charge in [0.2, 0.25) is 0 Å². The molecule has 0 aliphatic carbocycles. The normalized spacial score (nSPS) is 9.73. The molecule has 2 aromatic rings. The van der Waals surface area contributed by atoms with Gasteiger partial charge in [0.05, 0.1) is 19.1 Å². The minimum absolute atomic E-state index is 0.0354. The minimum Gasteiger partial charge on any atom is -0.477 e. The molecule has 0 spiro atoms. The second-order valence-corrected chi connectivity index (χ2v) is 5.23. The van der Waals surface area contributed by atoms with Crippen LogP contribution >= 0.6 is 0 Å². The van der Waals surface area contributed by atoms with Crippen LogP contribution in [0, 0.1) is 11.3 Å². The number of carboxylic acids is 1. The van der Waals surface area contributed by atoms with E-state index in [1.165, 1.54) is 0 Å².